The maximum atomic E-state index is 13.1. The highest BCUT2D eigenvalue weighted by Crippen LogP contribution is 2.15. The van der Waals surface area contributed by atoms with Crippen LogP contribution in [-0.4, -0.2) is 20.9 Å². The number of anilines is 1. The molecule has 25 heavy (non-hydrogen) atoms. The predicted octanol–water partition coefficient (Wildman–Crippen LogP) is 2.41. The van der Waals surface area contributed by atoms with Gasteiger partial charge in [-0.25, -0.2) is 21.9 Å². The van der Waals surface area contributed by atoms with Crippen molar-refractivity contribution >= 4 is 21.6 Å². The van der Waals surface area contributed by atoms with E-state index in [2.05, 4.69) is 10.0 Å². The summed E-state index contributed by atoms with van der Waals surface area (Å²) in [6.45, 7) is -0.0167. The molecule has 0 aliphatic heterocycles. The van der Waals surface area contributed by atoms with Gasteiger partial charge >= 0.3 is 0 Å². The lowest BCUT2D eigenvalue weighted by atomic mass is 10.2. The lowest BCUT2D eigenvalue weighted by Gasteiger charge is -2.08. The molecule has 0 bridgehead atoms. The Morgan fingerprint density at radius 3 is 2.36 bits per heavy atom. The highest BCUT2D eigenvalue weighted by molar-refractivity contribution is 7.89. The summed E-state index contributed by atoms with van der Waals surface area (Å²) in [6, 6.07) is 9.77. The number of hydrogen-bond donors (Lipinski definition) is 2. The highest BCUT2D eigenvalue weighted by atomic mass is 32.2. The van der Waals surface area contributed by atoms with Crippen molar-refractivity contribution in [2.45, 2.75) is 11.3 Å². The number of rotatable bonds is 6. The van der Waals surface area contributed by atoms with E-state index >= 15 is 0 Å². The molecule has 0 fully saturated rings. The Balaban J connectivity index is 2.09. The van der Waals surface area contributed by atoms with Crippen LogP contribution in [0.2, 0.25) is 0 Å². The van der Waals surface area contributed by atoms with Crippen molar-refractivity contribution < 1.29 is 22.0 Å². The van der Waals surface area contributed by atoms with Crippen molar-refractivity contribution in [2.24, 2.45) is 0 Å². The third kappa shape index (κ3) is 4.82. The number of nitriles is 1. The van der Waals surface area contributed by atoms with E-state index in [4.69, 9.17) is 5.26 Å². The van der Waals surface area contributed by atoms with Gasteiger partial charge in [-0.2, -0.15) is 5.26 Å². The first-order valence-electron chi connectivity index (χ1n) is 7.06. The molecule has 0 aromatic heterocycles. The minimum Gasteiger partial charge on any atom is -0.322 e. The van der Waals surface area contributed by atoms with E-state index in [0.717, 1.165) is 12.1 Å². The molecule has 0 radical (unpaired) electrons. The zero-order valence-electron chi connectivity index (χ0n) is 12.8. The average Bonchev–Trinajstić information content (AvgIpc) is 2.58. The summed E-state index contributed by atoms with van der Waals surface area (Å²) in [5.41, 5.74) is 0.208. The van der Waals surface area contributed by atoms with Crippen LogP contribution in [-0.2, 0) is 10.0 Å². The number of amides is 1. The van der Waals surface area contributed by atoms with Gasteiger partial charge in [-0.3, -0.25) is 4.79 Å². The van der Waals surface area contributed by atoms with Crippen LogP contribution >= 0.6 is 0 Å². The normalized spacial score (nSPS) is 10.9. The molecule has 0 unspecified atom stereocenters. The second kappa shape index (κ2) is 7.83. The quantitative estimate of drug-likeness (QED) is 0.768. The molecule has 2 N–H and O–H groups in total. The van der Waals surface area contributed by atoms with E-state index in [1.807, 2.05) is 6.07 Å². The number of carbonyl (C=O) groups is 1. The fourth-order valence-electron chi connectivity index (χ4n) is 1.89. The van der Waals surface area contributed by atoms with Gasteiger partial charge in [-0.1, -0.05) is 0 Å². The minimum atomic E-state index is -3.77. The van der Waals surface area contributed by atoms with Gasteiger partial charge in [0.2, 0.25) is 10.0 Å². The van der Waals surface area contributed by atoms with Crippen molar-refractivity contribution in [3.8, 4) is 6.07 Å². The van der Waals surface area contributed by atoms with Crippen LogP contribution in [0.25, 0.3) is 0 Å². The van der Waals surface area contributed by atoms with Crippen LogP contribution in [0, 0.1) is 23.0 Å². The highest BCUT2D eigenvalue weighted by Gasteiger charge is 2.15. The molecule has 0 heterocycles. The lowest BCUT2D eigenvalue weighted by Crippen LogP contribution is -2.24. The molecular weight excluding hydrogens is 352 g/mol. The smallest absolute Gasteiger partial charge is 0.255 e. The largest absolute Gasteiger partial charge is 0.322 e. The SMILES string of the molecule is N#CCCNS(=O)(=O)c1ccc(C(=O)Nc2ccc(F)c(F)c2)cc1. The third-order valence-corrected chi connectivity index (χ3v) is 4.61. The fourth-order valence-corrected chi connectivity index (χ4v) is 2.92. The Kier molecular flexibility index (Phi) is 5.80. The maximum absolute atomic E-state index is 13.1. The molecule has 0 atom stereocenters. The van der Waals surface area contributed by atoms with E-state index in [9.17, 15) is 22.0 Å². The van der Waals surface area contributed by atoms with Gasteiger partial charge in [0, 0.05) is 30.3 Å². The fraction of sp³-hybridized carbons (Fsp3) is 0.125. The lowest BCUT2D eigenvalue weighted by molar-refractivity contribution is 0.102. The summed E-state index contributed by atoms with van der Waals surface area (Å²) in [4.78, 5) is 12.0. The second-order valence-corrected chi connectivity index (χ2v) is 6.68. The molecule has 1 amide bonds. The number of sulfonamides is 1. The van der Waals surface area contributed by atoms with Crippen molar-refractivity contribution in [1.29, 1.82) is 5.26 Å². The van der Waals surface area contributed by atoms with Crippen LogP contribution in [0.1, 0.15) is 16.8 Å². The molecule has 0 saturated carbocycles. The predicted molar refractivity (Wildman–Crippen MR) is 86.2 cm³/mol. The standard InChI is InChI=1S/C16H13F2N3O3S/c17-14-7-4-12(10-15(14)18)21-16(22)11-2-5-13(6-3-11)25(23,24)20-9-1-8-19/h2-7,10,20H,1,9H2,(H,21,22). The maximum Gasteiger partial charge on any atom is 0.255 e. The molecule has 0 aliphatic rings. The third-order valence-electron chi connectivity index (χ3n) is 3.13. The first-order chi connectivity index (χ1) is 11.8. The van der Waals surface area contributed by atoms with E-state index in [-0.39, 0.29) is 29.1 Å². The first kappa shape index (κ1) is 18.5. The van der Waals surface area contributed by atoms with E-state index in [0.29, 0.717) is 0 Å². The summed E-state index contributed by atoms with van der Waals surface area (Å²) in [7, 11) is -3.77. The van der Waals surface area contributed by atoms with Crippen LogP contribution in [0.4, 0.5) is 14.5 Å². The first-order valence-corrected chi connectivity index (χ1v) is 8.55. The Morgan fingerprint density at radius 1 is 1.08 bits per heavy atom. The zero-order valence-corrected chi connectivity index (χ0v) is 13.6. The van der Waals surface area contributed by atoms with E-state index < -0.39 is 27.6 Å². The number of nitrogens with one attached hydrogen (secondary N) is 2. The molecular formula is C16H13F2N3O3S. The Morgan fingerprint density at radius 2 is 1.76 bits per heavy atom. The number of nitrogens with zero attached hydrogens (tertiary/aromatic N) is 1. The van der Waals surface area contributed by atoms with Crippen molar-refractivity contribution in [3.63, 3.8) is 0 Å². The molecule has 2 aromatic rings. The zero-order chi connectivity index (χ0) is 18.4. The number of carbonyl (C=O) groups excluding carboxylic acids is 1. The molecule has 0 saturated heterocycles. The molecule has 2 rings (SSSR count). The van der Waals surface area contributed by atoms with Gasteiger partial charge < -0.3 is 5.32 Å². The summed E-state index contributed by atoms with van der Waals surface area (Å²) >= 11 is 0. The topological polar surface area (TPSA) is 99.1 Å². The summed E-state index contributed by atoms with van der Waals surface area (Å²) < 4.78 is 52.1. The van der Waals surface area contributed by atoms with Crippen LogP contribution in [0.15, 0.2) is 47.4 Å². The van der Waals surface area contributed by atoms with Gasteiger partial charge in [0.15, 0.2) is 11.6 Å². The van der Waals surface area contributed by atoms with Gasteiger partial charge in [-0.05, 0) is 36.4 Å². The van der Waals surface area contributed by atoms with Crippen LogP contribution < -0.4 is 10.0 Å². The number of halogens is 2. The Labute approximate surface area is 143 Å². The molecule has 130 valence electrons. The van der Waals surface area contributed by atoms with Crippen molar-refractivity contribution in [3.05, 3.63) is 59.7 Å². The van der Waals surface area contributed by atoms with Gasteiger partial charge in [0.25, 0.3) is 5.91 Å². The average molecular weight is 365 g/mol. The second-order valence-electron chi connectivity index (χ2n) is 4.91. The summed E-state index contributed by atoms with van der Waals surface area (Å²) in [6.07, 6.45) is 0.0357. The van der Waals surface area contributed by atoms with Crippen molar-refractivity contribution in [1.82, 2.24) is 4.72 Å². The monoisotopic (exact) mass is 365 g/mol. The van der Waals surface area contributed by atoms with Gasteiger partial charge in [0.1, 0.15) is 0 Å². The van der Waals surface area contributed by atoms with Crippen LogP contribution in [0.5, 0.6) is 0 Å². The summed E-state index contributed by atoms with van der Waals surface area (Å²) in [5.74, 6) is -2.73. The molecule has 6 nitrogen and oxygen atoms in total. The Hall–Kier alpha value is -2.83. The number of benzene rings is 2. The molecule has 0 spiro atoms. The van der Waals surface area contributed by atoms with E-state index in [1.54, 1.807) is 0 Å². The molecule has 2 aromatic carbocycles. The van der Waals surface area contributed by atoms with E-state index in [1.165, 1.54) is 30.3 Å². The van der Waals surface area contributed by atoms with Gasteiger partial charge in [-0.15, -0.1) is 0 Å². The summed E-state index contributed by atoms with van der Waals surface area (Å²) in [5, 5.41) is 10.8. The molecule has 0 aliphatic carbocycles. The minimum absolute atomic E-state index is 0.0167. The van der Waals surface area contributed by atoms with Gasteiger partial charge in [0.05, 0.1) is 11.0 Å². The molecule has 9 heteroatoms. The van der Waals surface area contributed by atoms with Crippen molar-refractivity contribution in [2.75, 3.05) is 11.9 Å². The Bertz CT molecular complexity index is 923. The number of hydrogen-bond acceptors (Lipinski definition) is 4. The van der Waals surface area contributed by atoms with Crippen LogP contribution in [0.3, 0.4) is 0 Å².